The first-order chi connectivity index (χ1) is 10.3. The van der Waals surface area contributed by atoms with E-state index in [-0.39, 0.29) is 0 Å². The molecule has 2 aromatic carbocycles. The van der Waals surface area contributed by atoms with Crippen molar-refractivity contribution >= 4 is 5.69 Å². The zero-order valence-corrected chi connectivity index (χ0v) is 12.8. The Morgan fingerprint density at radius 2 is 1.81 bits per heavy atom. The molecule has 2 aromatic rings. The Bertz CT molecular complexity index is 554. The Morgan fingerprint density at radius 1 is 1.00 bits per heavy atom. The normalized spacial score (nSPS) is 10.4. The minimum absolute atomic E-state index is 0.636. The number of hydrogen-bond acceptors (Lipinski definition) is 3. The molecule has 3 heteroatoms. The lowest BCUT2D eigenvalue weighted by Crippen LogP contribution is -2.04. The van der Waals surface area contributed by atoms with Gasteiger partial charge in [-0.1, -0.05) is 37.3 Å². The summed E-state index contributed by atoms with van der Waals surface area (Å²) in [6, 6.07) is 16.4. The summed E-state index contributed by atoms with van der Waals surface area (Å²) in [4.78, 5) is 0. The zero-order chi connectivity index (χ0) is 14.9. The van der Waals surface area contributed by atoms with Crippen molar-refractivity contribution in [3.05, 3.63) is 59.7 Å². The van der Waals surface area contributed by atoms with Crippen LogP contribution in [0.5, 0.6) is 5.75 Å². The average molecular weight is 285 g/mol. The van der Waals surface area contributed by atoms with E-state index in [1.165, 1.54) is 11.1 Å². The van der Waals surface area contributed by atoms with Crippen LogP contribution in [0.1, 0.15) is 24.5 Å². The maximum atomic E-state index is 5.65. The largest absolute Gasteiger partial charge is 0.494 e. The molecule has 0 bridgehead atoms. The molecule has 0 heterocycles. The molecule has 0 aliphatic rings. The van der Waals surface area contributed by atoms with Gasteiger partial charge in [-0.05, 0) is 29.7 Å². The lowest BCUT2D eigenvalue weighted by atomic mass is 10.1. The Balaban J connectivity index is 1.99. The molecule has 0 spiro atoms. The van der Waals surface area contributed by atoms with Crippen LogP contribution in [0.3, 0.4) is 0 Å². The lowest BCUT2D eigenvalue weighted by Gasteiger charge is -2.12. The van der Waals surface area contributed by atoms with Gasteiger partial charge in [0.15, 0.2) is 0 Å². The Hall–Kier alpha value is -2.00. The van der Waals surface area contributed by atoms with Crippen LogP contribution < -0.4 is 10.1 Å². The summed E-state index contributed by atoms with van der Waals surface area (Å²) >= 11 is 0. The zero-order valence-electron chi connectivity index (χ0n) is 12.8. The predicted molar refractivity (Wildman–Crippen MR) is 86.7 cm³/mol. The van der Waals surface area contributed by atoms with E-state index in [0.717, 1.165) is 31.0 Å². The molecule has 1 N–H and O–H groups in total. The molecule has 0 saturated heterocycles. The standard InChI is InChI=1S/C18H23NO2/c1-3-11-21-18-10-6-9-17(12-18)19-13-15-7-4-5-8-16(15)14-20-2/h4-10,12,19H,3,11,13-14H2,1-2H3. The molecule has 0 atom stereocenters. The third-order valence-electron chi connectivity index (χ3n) is 3.21. The third kappa shape index (κ3) is 4.80. The van der Waals surface area contributed by atoms with E-state index in [2.05, 4.69) is 36.5 Å². The summed E-state index contributed by atoms with van der Waals surface area (Å²) in [5.41, 5.74) is 3.53. The average Bonchev–Trinajstić information content (AvgIpc) is 2.53. The van der Waals surface area contributed by atoms with Crippen LogP contribution >= 0.6 is 0 Å². The fourth-order valence-electron chi connectivity index (χ4n) is 2.14. The molecule has 0 aliphatic heterocycles. The van der Waals surface area contributed by atoms with Crippen molar-refractivity contribution in [2.24, 2.45) is 0 Å². The van der Waals surface area contributed by atoms with Crippen molar-refractivity contribution < 1.29 is 9.47 Å². The van der Waals surface area contributed by atoms with Crippen molar-refractivity contribution in [3.8, 4) is 5.75 Å². The van der Waals surface area contributed by atoms with Gasteiger partial charge in [0.2, 0.25) is 0 Å². The molecule has 2 rings (SSSR count). The summed E-state index contributed by atoms with van der Waals surface area (Å²) in [7, 11) is 1.72. The van der Waals surface area contributed by atoms with Crippen molar-refractivity contribution in [2.45, 2.75) is 26.5 Å². The van der Waals surface area contributed by atoms with Gasteiger partial charge < -0.3 is 14.8 Å². The van der Waals surface area contributed by atoms with Gasteiger partial charge in [0.25, 0.3) is 0 Å². The highest BCUT2D eigenvalue weighted by Crippen LogP contribution is 2.19. The third-order valence-corrected chi connectivity index (χ3v) is 3.21. The number of nitrogens with one attached hydrogen (secondary N) is 1. The van der Waals surface area contributed by atoms with Gasteiger partial charge in [0.05, 0.1) is 13.2 Å². The Morgan fingerprint density at radius 3 is 2.57 bits per heavy atom. The summed E-state index contributed by atoms with van der Waals surface area (Å²) in [6.07, 6.45) is 1.02. The smallest absolute Gasteiger partial charge is 0.121 e. The van der Waals surface area contributed by atoms with Crippen LogP contribution in [-0.4, -0.2) is 13.7 Å². The van der Waals surface area contributed by atoms with Gasteiger partial charge >= 0.3 is 0 Å². The summed E-state index contributed by atoms with van der Waals surface area (Å²) < 4.78 is 10.9. The summed E-state index contributed by atoms with van der Waals surface area (Å²) in [6.45, 7) is 4.27. The molecule has 0 aliphatic carbocycles. The van der Waals surface area contributed by atoms with Crippen molar-refractivity contribution in [1.82, 2.24) is 0 Å². The van der Waals surface area contributed by atoms with E-state index in [0.29, 0.717) is 6.61 Å². The maximum Gasteiger partial charge on any atom is 0.121 e. The first-order valence-electron chi connectivity index (χ1n) is 7.36. The molecule has 0 amide bonds. The highest BCUT2D eigenvalue weighted by molar-refractivity contribution is 5.49. The van der Waals surface area contributed by atoms with E-state index in [4.69, 9.17) is 9.47 Å². The number of ether oxygens (including phenoxy) is 2. The fraction of sp³-hybridized carbons (Fsp3) is 0.333. The van der Waals surface area contributed by atoms with Crippen molar-refractivity contribution in [3.63, 3.8) is 0 Å². The van der Waals surface area contributed by atoms with Crippen LogP contribution in [0.4, 0.5) is 5.69 Å². The summed E-state index contributed by atoms with van der Waals surface area (Å²) in [5.74, 6) is 0.909. The van der Waals surface area contributed by atoms with Gasteiger partial charge in [-0.2, -0.15) is 0 Å². The second-order valence-corrected chi connectivity index (χ2v) is 4.93. The molecule has 21 heavy (non-hydrogen) atoms. The lowest BCUT2D eigenvalue weighted by molar-refractivity contribution is 0.184. The molecule has 0 aromatic heterocycles. The Kier molecular flexibility index (Phi) is 6.10. The highest BCUT2D eigenvalue weighted by Gasteiger charge is 2.02. The van der Waals surface area contributed by atoms with E-state index in [9.17, 15) is 0 Å². The first-order valence-corrected chi connectivity index (χ1v) is 7.36. The molecule has 0 fully saturated rings. The molecular formula is C18H23NO2. The monoisotopic (exact) mass is 285 g/mol. The second-order valence-electron chi connectivity index (χ2n) is 4.93. The first kappa shape index (κ1) is 15.4. The SMILES string of the molecule is CCCOc1cccc(NCc2ccccc2COC)c1. The Labute approximate surface area is 126 Å². The number of methoxy groups -OCH3 is 1. The van der Waals surface area contributed by atoms with E-state index >= 15 is 0 Å². The van der Waals surface area contributed by atoms with E-state index in [1.807, 2.05) is 24.3 Å². The molecular weight excluding hydrogens is 262 g/mol. The topological polar surface area (TPSA) is 30.5 Å². The quantitative estimate of drug-likeness (QED) is 0.787. The van der Waals surface area contributed by atoms with Crippen molar-refractivity contribution in [2.75, 3.05) is 19.0 Å². The molecule has 3 nitrogen and oxygen atoms in total. The maximum absolute atomic E-state index is 5.65. The molecule has 0 radical (unpaired) electrons. The number of rotatable bonds is 8. The number of benzene rings is 2. The molecule has 0 saturated carbocycles. The number of anilines is 1. The van der Waals surface area contributed by atoms with E-state index in [1.54, 1.807) is 7.11 Å². The second kappa shape index (κ2) is 8.32. The summed E-state index contributed by atoms with van der Waals surface area (Å²) in [5, 5.41) is 3.44. The van der Waals surface area contributed by atoms with Gasteiger partial charge in [-0.25, -0.2) is 0 Å². The minimum Gasteiger partial charge on any atom is -0.494 e. The van der Waals surface area contributed by atoms with Crippen molar-refractivity contribution in [1.29, 1.82) is 0 Å². The van der Waals surface area contributed by atoms with Gasteiger partial charge in [-0.3, -0.25) is 0 Å². The van der Waals surface area contributed by atoms with E-state index < -0.39 is 0 Å². The fourth-order valence-corrected chi connectivity index (χ4v) is 2.14. The highest BCUT2D eigenvalue weighted by atomic mass is 16.5. The van der Waals surface area contributed by atoms with Crippen LogP contribution in [0.25, 0.3) is 0 Å². The van der Waals surface area contributed by atoms with Crippen LogP contribution in [0.2, 0.25) is 0 Å². The van der Waals surface area contributed by atoms with Gasteiger partial charge in [0, 0.05) is 25.4 Å². The van der Waals surface area contributed by atoms with Crippen LogP contribution in [0, 0.1) is 0 Å². The minimum atomic E-state index is 0.636. The van der Waals surface area contributed by atoms with Gasteiger partial charge in [-0.15, -0.1) is 0 Å². The van der Waals surface area contributed by atoms with Gasteiger partial charge in [0.1, 0.15) is 5.75 Å². The molecule has 112 valence electrons. The van der Waals surface area contributed by atoms with Crippen LogP contribution in [-0.2, 0) is 17.9 Å². The number of hydrogen-bond donors (Lipinski definition) is 1. The predicted octanol–water partition coefficient (Wildman–Crippen LogP) is 4.23. The van der Waals surface area contributed by atoms with Crippen LogP contribution in [0.15, 0.2) is 48.5 Å². The molecule has 0 unspecified atom stereocenters.